The summed E-state index contributed by atoms with van der Waals surface area (Å²) in [5.74, 6) is 1.79. The van der Waals surface area contributed by atoms with Crippen LogP contribution in [-0.4, -0.2) is 84.6 Å². The van der Waals surface area contributed by atoms with Crippen LogP contribution in [0, 0.1) is 6.92 Å². The van der Waals surface area contributed by atoms with E-state index < -0.39 is 7.14 Å². The van der Waals surface area contributed by atoms with Crippen molar-refractivity contribution in [2.45, 2.75) is 52.0 Å². The number of hydrogen-bond acceptors (Lipinski definition) is 10. The Bertz CT molecular complexity index is 1830. The van der Waals surface area contributed by atoms with E-state index in [1.165, 1.54) is 24.1 Å². The number of benzene rings is 2. The molecule has 48 heavy (non-hydrogen) atoms. The highest BCUT2D eigenvalue weighted by Gasteiger charge is 2.34. The maximum absolute atomic E-state index is 14.3. The van der Waals surface area contributed by atoms with Gasteiger partial charge in [0.15, 0.2) is 0 Å². The summed E-state index contributed by atoms with van der Waals surface area (Å²) in [5.41, 5.74) is 5.95. The fourth-order valence-corrected chi connectivity index (χ4v) is 11.3. The zero-order valence-electron chi connectivity index (χ0n) is 28.2. The molecular formula is C36H46BrN8O2P. The Hall–Kier alpha value is -3.24. The fourth-order valence-electron chi connectivity index (χ4n) is 7.64. The summed E-state index contributed by atoms with van der Waals surface area (Å²) in [4.78, 5) is 19.4. The first-order valence-electron chi connectivity index (χ1n) is 17.3. The molecule has 0 aliphatic carbocycles. The third-order valence-electron chi connectivity index (χ3n) is 10.2. The molecule has 5 heterocycles. The largest absolute Gasteiger partial charge is 0.494 e. The van der Waals surface area contributed by atoms with Gasteiger partial charge in [-0.15, -0.1) is 0 Å². The Labute approximate surface area is 292 Å². The number of nitrogens with zero attached hydrogens (tertiary/aromatic N) is 5. The van der Waals surface area contributed by atoms with Crippen LogP contribution in [0.1, 0.15) is 43.9 Å². The van der Waals surface area contributed by atoms with Crippen LogP contribution in [0.15, 0.2) is 47.1 Å². The van der Waals surface area contributed by atoms with E-state index in [1.807, 2.05) is 25.1 Å². The zero-order valence-corrected chi connectivity index (χ0v) is 30.7. The molecule has 2 aromatic carbocycles. The van der Waals surface area contributed by atoms with Gasteiger partial charge in [0.05, 0.1) is 28.5 Å². The van der Waals surface area contributed by atoms with Crippen molar-refractivity contribution in [3.8, 4) is 5.75 Å². The summed E-state index contributed by atoms with van der Waals surface area (Å²) in [6.07, 6.45) is 8.40. The van der Waals surface area contributed by atoms with Crippen molar-refractivity contribution in [1.29, 1.82) is 0 Å². The molecular weight excluding hydrogens is 687 g/mol. The average Bonchev–Trinajstić information content (AvgIpc) is 3.56. The first-order valence-corrected chi connectivity index (χ1v) is 20.2. The second-order valence-electron chi connectivity index (χ2n) is 13.2. The van der Waals surface area contributed by atoms with Crippen LogP contribution in [0.4, 0.5) is 28.8 Å². The van der Waals surface area contributed by atoms with E-state index in [0.29, 0.717) is 22.3 Å². The number of nitrogens with one attached hydrogen (secondary N) is 3. The number of ether oxygens (including phenoxy) is 1. The van der Waals surface area contributed by atoms with Crippen molar-refractivity contribution in [2.75, 3.05) is 74.2 Å². The van der Waals surface area contributed by atoms with Gasteiger partial charge in [-0.1, -0.05) is 13.0 Å². The average molecular weight is 734 g/mol. The molecule has 7 rings (SSSR count). The van der Waals surface area contributed by atoms with Crippen molar-refractivity contribution < 1.29 is 9.30 Å². The Balaban J connectivity index is 1.14. The van der Waals surface area contributed by atoms with Gasteiger partial charge in [-0.2, -0.15) is 4.98 Å². The molecule has 3 fully saturated rings. The van der Waals surface area contributed by atoms with Crippen LogP contribution >= 0.6 is 23.1 Å². The number of anilines is 5. The number of piperazine rings is 1. The fraction of sp³-hybridized carbons (Fsp3) is 0.472. The second kappa shape index (κ2) is 14.3. The van der Waals surface area contributed by atoms with E-state index in [0.717, 1.165) is 110 Å². The topological polar surface area (TPSA) is 108 Å². The SMILES string of the molecule is CCc1cc(Nc2ncc(Br)c(Nc3ccc4nc(C)ccc4c3P3(=O)CCCC3)n2)c(OC)cc1N1CCC(N2CCNCC2)CC1. The van der Waals surface area contributed by atoms with Crippen molar-refractivity contribution in [3.05, 3.63) is 58.3 Å². The number of methoxy groups -OCH3 is 1. The molecule has 3 aliphatic rings. The highest BCUT2D eigenvalue weighted by Crippen LogP contribution is 2.54. The summed E-state index contributed by atoms with van der Waals surface area (Å²) in [6, 6.07) is 13.1. The summed E-state index contributed by atoms with van der Waals surface area (Å²) in [6.45, 7) is 10.8. The quantitative estimate of drug-likeness (QED) is 0.159. The molecule has 10 nitrogen and oxygen atoms in total. The van der Waals surface area contributed by atoms with E-state index in [9.17, 15) is 4.57 Å². The second-order valence-corrected chi connectivity index (χ2v) is 17.2. The van der Waals surface area contributed by atoms with Crippen LogP contribution in [0.2, 0.25) is 0 Å². The Morgan fingerprint density at radius 2 is 1.77 bits per heavy atom. The van der Waals surface area contributed by atoms with Crippen molar-refractivity contribution in [2.24, 2.45) is 0 Å². The molecule has 254 valence electrons. The molecule has 3 N–H and O–H groups in total. The van der Waals surface area contributed by atoms with E-state index in [-0.39, 0.29) is 0 Å². The van der Waals surface area contributed by atoms with E-state index >= 15 is 0 Å². The highest BCUT2D eigenvalue weighted by molar-refractivity contribution is 9.10. The molecule has 4 aromatic rings. The summed E-state index contributed by atoms with van der Waals surface area (Å²) in [5, 5.41) is 12.3. The third kappa shape index (κ3) is 6.79. The number of halogens is 1. The number of fused-ring (bicyclic) bond motifs is 1. The normalized spacial score (nSPS) is 18.7. The van der Waals surface area contributed by atoms with Gasteiger partial charge in [-0.25, -0.2) is 4.98 Å². The third-order valence-corrected chi connectivity index (χ3v) is 14.1. The molecule has 0 saturated carbocycles. The summed E-state index contributed by atoms with van der Waals surface area (Å²) >= 11 is 3.66. The van der Waals surface area contributed by atoms with Gasteiger partial charge in [0.2, 0.25) is 5.95 Å². The van der Waals surface area contributed by atoms with Gasteiger partial charge >= 0.3 is 0 Å². The predicted molar refractivity (Wildman–Crippen MR) is 201 cm³/mol. The Morgan fingerprint density at radius 3 is 2.50 bits per heavy atom. The Morgan fingerprint density at radius 1 is 1.00 bits per heavy atom. The number of aromatic nitrogens is 3. The molecule has 0 bridgehead atoms. The number of rotatable bonds is 9. The minimum atomic E-state index is -2.59. The molecule has 0 spiro atoms. The van der Waals surface area contributed by atoms with E-state index in [1.54, 1.807) is 13.3 Å². The van der Waals surface area contributed by atoms with E-state index in [2.05, 4.69) is 71.8 Å². The summed E-state index contributed by atoms with van der Waals surface area (Å²) < 4.78 is 21.0. The predicted octanol–water partition coefficient (Wildman–Crippen LogP) is 6.81. The molecule has 3 aliphatic heterocycles. The maximum Gasteiger partial charge on any atom is 0.229 e. The maximum atomic E-state index is 14.3. The molecule has 0 atom stereocenters. The van der Waals surface area contributed by atoms with Crippen molar-refractivity contribution in [3.63, 3.8) is 0 Å². The lowest BCUT2D eigenvalue weighted by Crippen LogP contribution is -2.52. The van der Waals surface area contributed by atoms with Crippen LogP contribution in [0.3, 0.4) is 0 Å². The van der Waals surface area contributed by atoms with Crippen LogP contribution < -0.4 is 30.9 Å². The van der Waals surface area contributed by atoms with Gasteiger partial charge in [-0.3, -0.25) is 9.88 Å². The van der Waals surface area contributed by atoms with Crippen LogP contribution in [0.25, 0.3) is 10.9 Å². The van der Waals surface area contributed by atoms with Gasteiger partial charge in [0, 0.05) is 92.0 Å². The number of hydrogen-bond donors (Lipinski definition) is 3. The van der Waals surface area contributed by atoms with Crippen molar-refractivity contribution in [1.82, 2.24) is 25.2 Å². The van der Waals surface area contributed by atoms with Crippen LogP contribution in [0.5, 0.6) is 5.75 Å². The summed E-state index contributed by atoms with van der Waals surface area (Å²) in [7, 11) is -0.876. The lowest BCUT2D eigenvalue weighted by molar-refractivity contribution is 0.150. The van der Waals surface area contributed by atoms with Gasteiger partial charge in [0.25, 0.3) is 0 Å². The molecule has 0 unspecified atom stereocenters. The zero-order chi connectivity index (χ0) is 33.3. The van der Waals surface area contributed by atoms with Gasteiger partial charge in [0.1, 0.15) is 18.7 Å². The highest BCUT2D eigenvalue weighted by atomic mass is 79.9. The first-order chi connectivity index (χ1) is 23.3. The number of aryl methyl sites for hydroxylation is 2. The number of piperidine rings is 1. The first kappa shape index (κ1) is 33.3. The van der Waals surface area contributed by atoms with Gasteiger partial charge < -0.3 is 30.2 Å². The molecule has 2 aromatic heterocycles. The molecule has 0 radical (unpaired) electrons. The number of pyridine rings is 1. The van der Waals surface area contributed by atoms with E-state index in [4.69, 9.17) is 14.7 Å². The lowest BCUT2D eigenvalue weighted by atomic mass is 9.99. The van der Waals surface area contributed by atoms with Crippen molar-refractivity contribution >= 4 is 68.1 Å². The Kier molecular flexibility index (Phi) is 9.92. The minimum absolute atomic E-state index is 0.442. The lowest BCUT2D eigenvalue weighted by Gasteiger charge is -2.41. The standard InChI is InChI=1S/C36H46BrN8O2P/c1-4-25-21-31(33(47-3)22-32(25)45-15-11-26(12-16-45)44-17-13-38-14-18-44)42-36-39-23-28(37)35(43-36)41-30-10-9-29-27(8-7-24(2)40-29)34(30)48(46)19-5-6-20-48/h7-10,21-23,26,38H,4-6,11-20H2,1-3H3,(H2,39,41,42,43). The van der Waals surface area contributed by atoms with Gasteiger partial charge in [-0.05, 0) is 84.8 Å². The van der Waals surface area contributed by atoms with Crippen LogP contribution in [-0.2, 0) is 11.0 Å². The molecule has 3 saturated heterocycles. The minimum Gasteiger partial charge on any atom is -0.494 e. The smallest absolute Gasteiger partial charge is 0.229 e. The molecule has 0 amide bonds. The monoisotopic (exact) mass is 732 g/mol. The molecule has 12 heteroatoms.